The van der Waals surface area contributed by atoms with Crippen LogP contribution in [0.2, 0.25) is 0 Å². The normalized spacial score (nSPS) is 18.0. The van der Waals surface area contributed by atoms with E-state index >= 15 is 0 Å². The van der Waals surface area contributed by atoms with Crippen molar-refractivity contribution in [1.29, 1.82) is 0 Å². The van der Waals surface area contributed by atoms with E-state index in [0.717, 1.165) is 11.6 Å². The molecule has 2 aromatic carbocycles. The number of Topliss-reactive ketones (excluding diaryl/α,β-unsaturated/α-hetero) is 1. The maximum atomic E-state index is 13.0. The molecule has 2 heterocycles. The molecule has 8 heteroatoms. The summed E-state index contributed by atoms with van der Waals surface area (Å²) < 4.78 is 5.48. The highest BCUT2D eigenvalue weighted by molar-refractivity contribution is 6.51. The van der Waals surface area contributed by atoms with Gasteiger partial charge in [-0.05, 0) is 30.7 Å². The first-order valence-corrected chi connectivity index (χ1v) is 9.05. The number of anilines is 1. The van der Waals surface area contributed by atoms with Crippen molar-refractivity contribution in [3.8, 4) is 0 Å². The number of nitro groups is 1. The SMILES string of the molecule is Cc1ccccc1N1C(=O)C(=O)/C(=C(\O)c2cccc([N+](=O)[O-])c2)C1c1ccco1. The van der Waals surface area contributed by atoms with Crippen LogP contribution in [0.5, 0.6) is 0 Å². The van der Waals surface area contributed by atoms with Gasteiger partial charge in [0.1, 0.15) is 17.6 Å². The Hall–Kier alpha value is -4.20. The molecule has 30 heavy (non-hydrogen) atoms. The standard InChI is InChI=1S/C22H16N2O6/c1-13-6-2-3-9-16(13)23-19(17-10-5-11-30-17)18(21(26)22(23)27)20(25)14-7-4-8-15(12-14)24(28)29/h2-12,19,25H,1H3/b20-18-. The maximum Gasteiger partial charge on any atom is 0.300 e. The van der Waals surface area contributed by atoms with Gasteiger partial charge in [0.05, 0.1) is 16.8 Å². The van der Waals surface area contributed by atoms with E-state index in [4.69, 9.17) is 4.42 Å². The first-order chi connectivity index (χ1) is 14.4. The van der Waals surface area contributed by atoms with E-state index in [0.29, 0.717) is 5.69 Å². The molecule has 0 spiro atoms. The minimum absolute atomic E-state index is 0.0588. The molecule has 8 nitrogen and oxygen atoms in total. The van der Waals surface area contributed by atoms with Crippen molar-refractivity contribution in [2.24, 2.45) is 0 Å². The highest BCUT2D eigenvalue weighted by atomic mass is 16.6. The Morgan fingerprint density at radius 1 is 1.10 bits per heavy atom. The highest BCUT2D eigenvalue weighted by Crippen LogP contribution is 2.43. The van der Waals surface area contributed by atoms with Crippen LogP contribution in [0.1, 0.15) is 22.9 Å². The lowest BCUT2D eigenvalue weighted by molar-refractivity contribution is -0.384. The molecule has 0 bridgehead atoms. The number of aryl methyl sites for hydroxylation is 1. The number of para-hydroxylation sites is 1. The van der Waals surface area contributed by atoms with E-state index in [1.807, 2.05) is 0 Å². The summed E-state index contributed by atoms with van der Waals surface area (Å²) in [4.78, 5) is 37.7. The number of benzene rings is 2. The number of hydrogen-bond acceptors (Lipinski definition) is 6. The number of carbonyl (C=O) groups excluding carboxylic acids is 2. The van der Waals surface area contributed by atoms with Gasteiger partial charge in [-0.1, -0.05) is 30.3 Å². The van der Waals surface area contributed by atoms with Crippen molar-refractivity contribution < 1.29 is 24.0 Å². The first-order valence-electron chi connectivity index (χ1n) is 9.05. The maximum absolute atomic E-state index is 13.0. The molecule has 4 rings (SSSR count). The van der Waals surface area contributed by atoms with Gasteiger partial charge in [-0.15, -0.1) is 0 Å². The summed E-state index contributed by atoms with van der Waals surface area (Å²) in [5.74, 6) is -1.94. The fourth-order valence-corrected chi connectivity index (χ4v) is 3.55. The molecule has 0 aliphatic carbocycles. The predicted octanol–water partition coefficient (Wildman–Crippen LogP) is 4.12. The van der Waals surface area contributed by atoms with Gasteiger partial charge >= 0.3 is 0 Å². The van der Waals surface area contributed by atoms with Crippen LogP contribution < -0.4 is 4.90 Å². The summed E-state index contributed by atoms with van der Waals surface area (Å²) in [6, 6.07) is 14.5. The van der Waals surface area contributed by atoms with Gasteiger partial charge in [0, 0.05) is 23.4 Å². The minimum Gasteiger partial charge on any atom is -0.507 e. The number of nitro benzene ring substituents is 1. The van der Waals surface area contributed by atoms with E-state index in [9.17, 15) is 24.8 Å². The molecule has 1 aliphatic heterocycles. The minimum atomic E-state index is -1.01. The number of aliphatic hydroxyl groups is 1. The van der Waals surface area contributed by atoms with E-state index in [1.54, 1.807) is 43.3 Å². The molecule has 1 N–H and O–H groups in total. The van der Waals surface area contributed by atoms with Crippen LogP contribution in [-0.4, -0.2) is 21.7 Å². The molecule has 1 fully saturated rings. The molecule has 1 aromatic heterocycles. The Kier molecular flexibility index (Phi) is 4.67. The number of rotatable bonds is 4. The molecular formula is C22H16N2O6. The number of amides is 1. The summed E-state index contributed by atoms with van der Waals surface area (Å²) in [5.41, 5.74) is 0.870. The number of aliphatic hydroxyl groups excluding tert-OH is 1. The molecule has 0 saturated carbocycles. The molecule has 150 valence electrons. The lowest BCUT2D eigenvalue weighted by Crippen LogP contribution is -2.29. The van der Waals surface area contributed by atoms with Crippen LogP contribution in [-0.2, 0) is 9.59 Å². The highest BCUT2D eigenvalue weighted by Gasteiger charge is 2.48. The third kappa shape index (κ3) is 3.04. The molecule has 1 saturated heterocycles. The summed E-state index contributed by atoms with van der Waals surface area (Å²) in [7, 11) is 0. The number of nitrogens with zero attached hydrogens (tertiary/aromatic N) is 2. The van der Waals surface area contributed by atoms with E-state index in [2.05, 4.69) is 0 Å². The Balaban J connectivity index is 1.94. The number of hydrogen-bond donors (Lipinski definition) is 1. The van der Waals surface area contributed by atoms with Gasteiger partial charge in [-0.25, -0.2) is 0 Å². The molecular weight excluding hydrogens is 388 g/mol. The van der Waals surface area contributed by atoms with Gasteiger partial charge in [-0.3, -0.25) is 24.6 Å². The predicted molar refractivity (Wildman–Crippen MR) is 108 cm³/mol. The van der Waals surface area contributed by atoms with Crippen molar-refractivity contribution in [3.05, 3.63) is 99.5 Å². The second-order valence-corrected chi connectivity index (χ2v) is 6.78. The van der Waals surface area contributed by atoms with Crippen molar-refractivity contribution in [3.63, 3.8) is 0 Å². The second-order valence-electron chi connectivity index (χ2n) is 6.78. The van der Waals surface area contributed by atoms with Crippen LogP contribution in [0, 0.1) is 17.0 Å². The van der Waals surface area contributed by atoms with Crippen LogP contribution >= 0.6 is 0 Å². The van der Waals surface area contributed by atoms with Crippen molar-refractivity contribution in [2.45, 2.75) is 13.0 Å². The summed E-state index contributed by atoms with van der Waals surface area (Å²) in [5, 5.41) is 22.0. The largest absolute Gasteiger partial charge is 0.507 e. The van der Waals surface area contributed by atoms with E-state index in [-0.39, 0.29) is 22.6 Å². The van der Waals surface area contributed by atoms with Crippen molar-refractivity contribution in [1.82, 2.24) is 0 Å². The van der Waals surface area contributed by atoms with Gasteiger partial charge in [0.2, 0.25) is 0 Å². The first kappa shape index (κ1) is 19.1. The lowest BCUT2D eigenvalue weighted by Gasteiger charge is -2.24. The van der Waals surface area contributed by atoms with Crippen molar-refractivity contribution in [2.75, 3.05) is 4.90 Å². The molecule has 1 unspecified atom stereocenters. The van der Waals surface area contributed by atoms with Crippen LogP contribution in [0.4, 0.5) is 11.4 Å². The molecule has 0 radical (unpaired) electrons. The van der Waals surface area contributed by atoms with Crippen LogP contribution in [0.15, 0.2) is 76.9 Å². The second kappa shape index (κ2) is 7.32. The number of carbonyl (C=O) groups is 2. The molecule has 1 aliphatic rings. The summed E-state index contributed by atoms with van der Waals surface area (Å²) >= 11 is 0. The van der Waals surface area contributed by atoms with Crippen LogP contribution in [0.25, 0.3) is 5.76 Å². The third-order valence-electron chi connectivity index (χ3n) is 4.96. The quantitative estimate of drug-likeness (QED) is 0.230. The number of non-ortho nitro benzene ring substituents is 1. The average Bonchev–Trinajstić information content (AvgIpc) is 3.35. The number of ketones is 1. The fraction of sp³-hybridized carbons (Fsp3) is 0.0909. The Morgan fingerprint density at radius 2 is 1.87 bits per heavy atom. The van der Waals surface area contributed by atoms with Gasteiger partial charge in [-0.2, -0.15) is 0 Å². The molecule has 1 atom stereocenters. The zero-order valence-electron chi connectivity index (χ0n) is 15.8. The van der Waals surface area contributed by atoms with E-state index < -0.39 is 28.4 Å². The third-order valence-corrected chi connectivity index (χ3v) is 4.96. The zero-order valence-corrected chi connectivity index (χ0v) is 15.8. The zero-order chi connectivity index (χ0) is 21.4. The van der Waals surface area contributed by atoms with Gasteiger partial charge in [0.15, 0.2) is 0 Å². The Morgan fingerprint density at radius 3 is 2.53 bits per heavy atom. The van der Waals surface area contributed by atoms with Gasteiger partial charge in [0.25, 0.3) is 17.4 Å². The van der Waals surface area contributed by atoms with Gasteiger partial charge < -0.3 is 9.52 Å². The molecule has 3 aromatic rings. The average molecular weight is 404 g/mol. The van der Waals surface area contributed by atoms with E-state index in [1.165, 1.54) is 29.4 Å². The summed E-state index contributed by atoms with van der Waals surface area (Å²) in [6.07, 6.45) is 1.40. The summed E-state index contributed by atoms with van der Waals surface area (Å²) in [6.45, 7) is 1.80. The lowest BCUT2D eigenvalue weighted by atomic mass is 9.98. The monoisotopic (exact) mass is 404 g/mol. The Bertz CT molecular complexity index is 1200. The number of furan rings is 1. The smallest absolute Gasteiger partial charge is 0.300 e. The van der Waals surface area contributed by atoms with Crippen LogP contribution in [0.3, 0.4) is 0 Å². The molecule has 1 amide bonds. The fourth-order valence-electron chi connectivity index (χ4n) is 3.55. The topological polar surface area (TPSA) is 114 Å². The Labute approximate surface area is 170 Å². The van der Waals surface area contributed by atoms with Crippen molar-refractivity contribution >= 4 is 28.8 Å².